The third kappa shape index (κ3) is 2.80. The average molecular weight is 341 g/mol. The second-order valence-electron chi connectivity index (χ2n) is 7.31. The Labute approximate surface area is 146 Å². The van der Waals surface area contributed by atoms with Gasteiger partial charge in [-0.3, -0.25) is 9.69 Å². The fraction of sp³-hybridized carbons (Fsp3) is 0.474. The summed E-state index contributed by atoms with van der Waals surface area (Å²) in [5.74, 6) is 0. The topological polar surface area (TPSA) is 54.8 Å². The molecule has 2 aromatic rings. The molecule has 25 heavy (non-hydrogen) atoms. The molecule has 1 spiro atoms. The number of ether oxygens (including phenoxy) is 1. The van der Waals surface area contributed by atoms with Crippen LogP contribution in [0.5, 0.6) is 0 Å². The van der Waals surface area contributed by atoms with Gasteiger partial charge in [-0.15, -0.1) is 0 Å². The predicted octanol–water partition coefficient (Wildman–Crippen LogP) is 1.96. The zero-order valence-corrected chi connectivity index (χ0v) is 14.7. The minimum absolute atomic E-state index is 0.0406. The van der Waals surface area contributed by atoms with Gasteiger partial charge in [0.1, 0.15) is 5.60 Å². The van der Waals surface area contributed by atoms with Gasteiger partial charge in [0.25, 0.3) is 5.56 Å². The maximum atomic E-state index is 12.7. The summed E-state index contributed by atoms with van der Waals surface area (Å²) in [6.45, 7) is 2.80. The summed E-state index contributed by atoms with van der Waals surface area (Å²) in [4.78, 5) is 28.4. The first-order valence-electron chi connectivity index (χ1n) is 8.72. The number of likely N-dealkylation sites (tertiary alicyclic amines) is 1. The molecule has 1 aromatic carbocycles. The maximum absolute atomic E-state index is 12.7. The first-order chi connectivity index (χ1) is 12.0. The molecule has 0 bridgehead atoms. The van der Waals surface area contributed by atoms with E-state index in [0.29, 0.717) is 19.6 Å². The lowest BCUT2D eigenvalue weighted by molar-refractivity contribution is -0.0114. The van der Waals surface area contributed by atoms with E-state index >= 15 is 0 Å². The monoisotopic (exact) mass is 341 g/mol. The molecular weight excluding hydrogens is 318 g/mol. The van der Waals surface area contributed by atoms with E-state index in [4.69, 9.17) is 4.74 Å². The number of benzene rings is 1. The molecule has 2 fully saturated rings. The van der Waals surface area contributed by atoms with Gasteiger partial charge in [0.2, 0.25) is 0 Å². The van der Waals surface area contributed by atoms with Crippen molar-refractivity contribution in [3.63, 3.8) is 0 Å². The maximum Gasteiger partial charge on any atom is 0.410 e. The van der Waals surface area contributed by atoms with E-state index in [1.807, 2.05) is 37.4 Å². The fourth-order valence-electron chi connectivity index (χ4n) is 4.17. The number of carbonyl (C=O) groups excluding carboxylic acids is 1. The molecule has 1 amide bonds. The number of amides is 1. The quantitative estimate of drug-likeness (QED) is 0.838. The number of rotatable bonds is 2. The molecular formula is C19H23N3O3. The first kappa shape index (κ1) is 16.1. The number of piperidine rings is 1. The molecule has 2 aliphatic heterocycles. The molecule has 6 heteroatoms. The molecule has 0 radical (unpaired) electrons. The summed E-state index contributed by atoms with van der Waals surface area (Å²) < 4.78 is 7.37. The third-order valence-corrected chi connectivity index (χ3v) is 5.36. The summed E-state index contributed by atoms with van der Waals surface area (Å²) in [6.07, 6.45) is 1.60. The molecule has 1 aromatic heterocycles. The van der Waals surface area contributed by atoms with Gasteiger partial charge in [0, 0.05) is 32.7 Å². The van der Waals surface area contributed by atoms with E-state index in [1.54, 1.807) is 16.5 Å². The van der Waals surface area contributed by atoms with Crippen LogP contribution >= 0.6 is 0 Å². The van der Waals surface area contributed by atoms with Crippen molar-refractivity contribution in [2.24, 2.45) is 7.05 Å². The summed E-state index contributed by atoms with van der Waals surface area (Å²) >= 11 is 0. The van der Waals surface area contributed by atoms with Crippen LogP contribution in [0.25, 0.3) is 10.9 Å². The highest BCUT2D eigenvalue weighted by Gasteiger charge is 2.46. The van der Waals surface area contributed by atoms with E-state index in [9.17, 15) is 9.59 Å². The van der Waals surface area contributed by atoms with Crippen molar-refractivity contribution in [3.05, 3.63) is 46.2 Å². The summed E-state index contributed by atoms with van der Waals surface area (Å²) in [6, 6.07) is 9.92. The third-order valence-electron chi connectivity index (χ3n) is 5.36. The Kier molecular flexibility index (Phi) is 3.80. The molecule has 0 saturated carbocycles. The number of aromatic nitrogens is 1. The number of hydrogen-bond donors (Lipinski definition) is 0. The lowest BCUT2D eigenvalue weighted by Gasteiger charge is -2.38. The molecule has 3 heterocycles. The van der Waals surface area contributed by atoms with Gasteiger partial charge in [-0.25, -0.2) is 4.79 Å². The van der Waals surface area contributed by atoms with Crippen LogP contribution in [0, 0.1) is 0 Å². The minimum Gasteiger partial charge on any atom is -0.440 e. The second kappa shape index (κ2) is 5.88. The Morgan fingerprint density at radius 3 is 2.72 bits per heavy atom. The Hall–Kier alpha value is -2.34. The highest BCUT2D eigenvalue weighted by atomic mass is 16.6. The number of fused-ring (bicyclic) bond motifs is 1. The zero-order chi connectivity index (χ0) is 17.6. The molecule has 0 N–H and O–H groups in total. The number of para-hydroxylation sites is 1. The fourth-order valence-corrected chi connectivity index (χ4v) is 4.17. The normalized spacial score (nSPS) is 24.2. The van der Waals surface area contributed by atoms with E-state index in [2.05, 4.69) is 4.90 Å². The van der Waals surface area contributed by atoms with Crippen LogP contribution in [0.15, 0.2) is 35.1 Å². The minimum atomic E-state index is -0.424. The predicted molar refractivity (Wildman–Crippen MR) is 95.5 cm³/mol. The highest BCUT2D eigenvalue weighted by Crippen LogP contribution is 2.31. The number of nitrogens with zero attached hydrogens (tertiary/aromatic N) is 3. The van der Waals surface area contributed by atoms with Crippen LogP contribution in [0.1, 0.15) is 18.4 Å². The van der Waals surface area contributed by atoms with Crippen LogP contribution < -0.4 is 5.56 Å². The molecule has 2 aliphatic rings. The lowest BCUT2D eigenvalue weighted by atomic mass is 9.92. The van der Waals surface area contributed by atoms with E-state index in [1.165, 1.54) is 0 Å². The van der Waals surface area contributed by atoms with Crippen LogP contribution in [-0.4, -0.2) is 52.7 Å². The second-order valence-corrected chi connectivity index (χ2v) is 7.31. The van der Waals surface area contributed by atoms with Crippen molar-refractivity contribution in [2.75, 3.05) is 26.7 Å². The Morgan fingerprint density at radius 2 is 1.96 bits per heavy atom. The molecule has 0 aliphatic carbocycles. The summed E-state index contributed by atoms with van der Waals surface area (Å²) in [5.41, 5.74) is 1.35. The number of likely N-dealkylation sites (N-methyl/N-ethyl adjacent to an activating group) is 1. The van der Waals surface area contributed by atoms with Crippen LogP contribution in [0.3, 0.4) is 0 Å². The Balaban J connectivity index is 1.60. The standard InChI is InChI=1S/C19H23N3O3/c1-20-12-19(25-18(20)24)8-5-9-22(13-19)11-15-10-14-6-3-4-7-16(14)21(2)17(15)23/h3-4,6-7,10H,5,8-9,11-13H2,1-2H3/t19-/m0/s1. The van der Waals surface area contributed by atoms with Crippen molar-refractivity contribution < 1.29 is 9.53 Å². The van der Waals surface area contributed by atoms with Crippen molar-refractivity contribution in [3.8, 4) is 0 Å². The van der Waals surface area contributed by atoms with Gasteiger partial charge >= 0.3 is 6.09 Å². The van der Waals surface area contributed by atoms with Crippen molar-refractivity contribution in [1.82, 2.24) is 14.4 Å². The van der Waals surface area contributed by atoms with Gasteiger partial charge in [-0.1, -0.05) is 18.2 Å². The molecule has 1 atom stereocenters. The largest absolute Gasteiger partial charge is 0.440 e. The molecule has 0 unspecified atom stereocenters. The zero-order valence-electron chi connectivity index (χ0n) is 14.7. The van der Waals surface area contributed by atoms with Crippen molar-refractivity contribution in [2.45, 2.75) is 25.0 Å². The van der Waals surface area contributed by atoms with Gasteiger partial charge in [-0.05, 0) is 36.9 Å². The van der Waals surface area contributed by atoms with Crippen LogP contribution in [-0.2, 0) is 18.3 Å². The number of pyridine rings is 1. The summed E-state index contributed by atoms with van der Waals surface area (Å²) in [5, 5.41) is 1.07. The highest BCUT2D eigenvalue weighted by molar-refractivity contribution is 5.79. The number of carbonyl (C=O) groups is 1. The van der Waals surface area contributed by atoms with E-state index in [-0.39, 0.29) is 11.7 Å². The number of hydrogen-bond acceptors (Lipinski definition) is 4. The van der Waals surface area contributed by atoms with E-state index in [0.717, 1.165) is 35.9 Å². The van der Waals surface area contributed by atoms with E-state index < -0.39 is 5.60 Å². The Bertz CT molecular complexity index is 891. The number of aryl methyl sites for hydroxylation is 1. The molecule has 6 nitrogen and oxygen atoms in total. The Morgan fingerprint density at radius 1 is 1.16 bits per heavy atom. The van der Waals surface area contributed by atoms with Gasteiger partial charge in [0.05, 0.1) is 12.1 Å². The van der Waals surface area contributed by atoms with Gasteiger partial charge < -0.3 is 14.2 Å². The SMILES string of the molecule is CN1C[C@]2(CCCN(Cc3cc4ccccc4n(C)c3=O)C2)OC1=O. The lowest BCUT2D eigenvalue weighted by Crippen LogP contribution is -2.50. The van der Waals surface area contributed by atoms with Crippen LogP contribution in [0.4, 0.5) is 4.79 Å². The first-order valence-corrected chi connectivity index (χ1v) is 8.72. The van der Waals surface area contributed by atoms with Gasteiger partial charge in [0.15, 0.2) is 0 Å². The smallest absolute Gasteiger partial charge is 0.410 e. The average Bonchev–Trinajstić information content (AvgIpc) is 2.85. The van der Waals surface area contributed by atoms with Gasteiger partial charge in [-0.2, -0.15) is 0 Å². The van der Waals surface area contributed by atoms with Crippen LogP contribution in [0.2, 0.25) is 0 Å². The molecule has 2 saturated heterocycles. The van der Waals surface area contributed by atoms with Crippen molar-refractivity contribution >= 4 is 17.0 Å². The summed E-state index contributed by atoms with van der Waals surface area (Å²) in [7, 11) is 3.59. The van der Waals surface area contributed by atoms with Crippen molar-refractivity contribution in [1.29, 1.82) is 0 Å². The molecule has 4 rings (SSSR count). The molecule has 132 valence electrons.